The van der Waals surface area contributed by atoms with Gasteiger partial charge in [-0.1, -0.05) is 24.3 Å². The molecule has 0 radical (unpaired) electrons. The van der Waals surface area contributed by atoms with Gasteiger partial charge in [-0.25, -0.2) is 0 Å². The fourth-order valence-corrected chi connectivity index (χ4v) is 3.35. The van der Waals surface area contributed by atoms with Crippen LogP contribution >= 0.6 is 11.8 Å². The van der Waals surface area contributed by atoms with E-state index in [1.165, 1.54) is 16.7 Å². The summed E-state index contributed by atoms with van der Waals surface area (Å²) in [4.78, 5) is 37.7. The van der Waals surface area contributed by atoms with E-state index in [1.54, 1.807) is 48.5 Å². The molecule has 1 aliphatic rings. The summed E-state index contributed by atoms with van der Waals surface area (Å²) in [5.41, 5.74) is 1.72. The number of carbonyl (C=O) groups excluding carboxylic acids is 3. The minimum atomic E-state index is -0.293. The largest absolute Gasteiger partial charge is 0.324 e. The second-order valence-corrected chi connectivity index (χ2v) is 6.67. The predicted octanol–water partition coefficient (Wildman–Crippen LogP) is 2.53. The van der Waals surface area contributed by atoms with E-state index in [-0.39, 0.29) is 30.0 Å². The molecule has 0 saturated heterocycles. The number of nitriles is 1. The molecular weight excluding hydrogens is 350 g/mol. The zero-order chi connectivity index (χ0) is 18.5. The Morgan fingerprint density at radius 3 is 2.31 bits per heavy atom. The number of benzene rings is 2. The Hall–Kier alpha value is -3.11. The van der Waals surface area contributed by atoms with E-state index >= 15 is 0 Å². The number of thioether (sulfide) groups is 1. The summed E-state index contributed by atoms with van der Waals surface area (Å²) in [5, 5.41) is 11.7. The van der Waals surface area contributed by atoms with Crippen LogP contribution in [-0.2, 0) is 4.79 Å². The smallest absolute Gasteiger partial charge is 0.261 e. The lowest BCUT2D eigenvalue weighted by atomic mass is 10.1. The van der Waals surface area contributed by atoms with Gasteiger partial charge in [0.1, 0.15) is 6.07 Å². The summed E-state index contributed by atoms with van der Waals surface area (Å²) in [6, 6.07) is 15.5. The zero-order valence-electron chi connectivity index (χ0n) is 13.8. The van der Waals surface area contributed by atoms with Crippen molar-refractivity contribution < 1.29 is 14.4 Å². The van der Waals surface area contributed by atoms with Gasteiger partial charge in [0.05, 0.1) is 28.1 Å². The number of hydrogen-bond donors (Lipinski definition) is 1. The lowest BCUT2D eigenvalue weighted by molar-refractivity contribution is -0.113. The maximum atomic E-state index is 12.2. The Labute approximate surface area is 154 Å². The van der Waals surface area contributed by atoms with Crippen molar-refractivity contribution in [2.24, 2.45) is 0 Å². The molecule has 0 spiro atoms. The van der Waals surface area contributed by atoms with Gasteiger partial charge in [-0.3, -0.25) is 19.3 Å². The quantitative estimate of drug-likeness (QED) is 0.627. The normalized spacial score (nSPS) is 12.7. The lowest BCUT2D eigenvalue weighted by Crippen LogP contribution is -2.32. The molecule has 0 saturated carbocycles. The highest BCUT2D eigenvalue weighted by Crippen LogP contribution is 2.22. The molecule has 3 amide bonds. The molecule has 1 N–H and O–H groups in total. The average molecular weight is 365 g/mol. The maximum absolute atomic E-state index is 12.2. The van der Waals surface area contributed by atoms with Gasteiger partial charge in [-0.15, -0.1) is 0 Å². The van der Waals surface area contributed by atoms with Crippen molar-refractivity contribution in [3.05, 3.63) is 65.2 Å². The van der Waals surface area contributed by atoms with Crippen molar-refractivity contribution in [2.75, 3.05) is 23.4 Å². The molecule has 26 heavy (non-hydrogen) atoms. The predicted molar refractivity (Wildman–Crippen MR) is 98.9 cm³/mol. The maximum Gasteiger partial charge on any atom is 0.261 e. The molecule has 1 aliphatic heterocycles. The van der Waals surface area contributed by atoms with Crippen molar-refractivity contribution in [2.45, 2.75) is 0 Å². The van der Waals surface area contributed by atoms with E-state index in [4.69, 9.17) is 5.26 Å². The molecular formula is C19H15N3O3S. The van der Waals surface area contributed by atoms with E-state index < -0.39 is 0 Å². The van der Waals surface area contributed by atoms with E-state index in [0.717, 1.165) is 0 Å². The molecule has 0 aliphatic carbocycles. The van der Waals surface area contributed by atoms with Crippen molar-refractivity contribution in [3.8, 4) is 6.07 Å². The van der Waals surface area contributed by atoms with Crippen molar-refractivity contribution in [1.82, 2.24) is 4.90 Å². The van der Waals surface area contributed by atoms with E-state index in [2.05, 4.69) is 5.32 Å². The highest BCUT2D eigenvalue weighted by atomic mass is 32.2. The number of carbonyl (C=O) groups is 3. The molecule has 0 atom stereocenters. The molecule has 7 heteroatoms. The number of anilines is 1. The van der Waals surface area contributed by atoms with Crippen molar-refractivity contribution in [1.29, 1.82) is 5.26 Å². The first-order valence-electron chi connectivity index (χ1n) is 7.94. The second kappa shape index (κ2) is 7.85. The van der Waals surface area contributed by atoms with Crippen molar-refractivity contribution in [3.63, 3.8) is 0 Å². The first kappa shape index (κ1) is 17.7. The third kappa shape index (κ3) is 3.60. The van der Waals surface area contributed by atoms with Gasteiger partial charge in [0.2, 0.25) is 5.91 Å². The van der Waals surface area contributed by atoms with Gasteiger partial charge in [-0.05, 0) is 24.3 Å². The first-order valence-corrected chi connectivity index (χ1v) is 9.09. The number of hydrogen-bond acceptors (Lipinski definition) is 5. The number of para-hydroxylation sites is 1. The molecule has 0 fully saturated rings. The molecule has 130 valence electrons. The van der Waals surface area contributed by atoms with Crippen LogP contribution in [0.15, 0.2) is 48.5 Å². The van der Waals surface area contributed by atoms with Crippen LogP contribution in [0, 0.1) is 11.3 Å². The van der Waals surface area contributed by atoms with Crippen LogP contribution in [0.3, 0.4) is 0 Å². The Morgan fingerprint density at radius 2 is 1.65 bits per heavy atom. The van der Waals surface area contributed by atoms with Crippen LogP contribution in [0.4, 0.5) is 5.69 Å². The van der Waals surface area contributed by atoms with Gasteiger partial charge < -0.3 is 5.32 Å². The van der Waals surface area contributed by atoms with Crippen LogP contribution in [-0.4, -0.2) is 40.7 Å². The summed E-state index contributed by atoms with van der Waals surface area (Å²) < 4.78 is 0. The third-order valence-electron chi connectivity index (χ3n) is 3.89. The topological polar surface area (TPSA) is 90.3 Å². The SMILES string of the molecule is N#Cc1ccccc1NC(=O)CSCCN1C(=O)c2ccccc2C1=O. The molecule has 2 aromatic rings. The summed E-state index contributed by atoms with van der Waals surface area (Å²) in [6.45, 7) is 0.249. The van der Waals surface area contributed by atoms with E-state index in [9.17, 15) is 14.4 Å². The Kier molecular flexibility index (Phi) is 5.34. The second-order valence-electron chi connectivity index (χ2n) is 5.57. The van der Waals surface area contributed by atoms with Crippen LogP contribution in [0.2, 0.25) is 0 Å². The minimum absolute atomic E-state index is 0.170. The van der Waals surface area contributed by atoms with Crippen LogP contribution in [0.5, 0.6) is 0 Å². The number of rotatable bonds is 6. The lowest BCUT2D eigenvalue weighted by Gasteiger charge is -2.13. The standard InChI is InChI=1S/C19H15N3O3S/c20-11-13-5-1-4-8-16(13)21-17(23)12-26-10-9-22-18(24)14-6-2-3-7-15(14)19(22)25/h1-8H,9-10,12H2,(H,21,23). The highest BCUT2D eigenvalue weighted by molar-refractivity contribution is 7.99. The summed E-state index contributed by atoms with van der Waals surface area (Å²) >= 11 is 1.32. The number of nitrogens with one attached hydrogen (secondary N) is 1. The van der Waals surface area contributed by atoms with Gasteiger partial charge in [0.25, 0.3) is 11.8 Å². The fourth-order valence-electron chi connectivity index (χ4n) is 2.64. The molecule has 1 heterocycles. The van der Waals surface area contributed by atoms with Crippen LogP contribution < -0.4 is 5.32 Å². The number of amides is 3. The van der Waals surface area contributed by atoms with E-state index in [0.29, 0.717) is 28.1 Å². The summed E-state index contributed by atoms with van der Waals surface area (Å²) in [7, 11) is 0. The number of fused-ring (bicyclic) bond motifs is 1. The van der Waals surface area contributed by atoms with Crippen molar-refractivity contribution >= 4 is 35.2 Å². The molecule has 3 rings (SSSR count). The summed E-state index contributed by atoms with van der Waals surface area (Å²) in [5.74, 6) is -0.195. The molecule has 0 bridgehead atoms. The molecule has 0 aromatic heterocycles. The number of nitrogens with zero attached hydrogens (tertiary/aromatic N) is 2. The Bertz CT molecular complexity index is 885. The Balaban J connectivity index is 1.48. The molecule has 6 nitrogen and oxygen atoms in total. The van der Waals surface area contributed by atoms with Gasteiger partial charge in [0, 0.05) is 12.3 Å². The third-order valence-corrected chi connectivity index (χ3v) is 4.83. The minimum Gasteiger partial charge on any atom is -0.324 e. The van der Waals surface area contributed by atoms with Crippen LogP contribution in [0.25, 0.3) is 0 Å². The van der Waals surface area contributed by atoms with E-state index in [1.807, 2.05) is 6.07 Å². The number of imide groups is 1. The Morgan fingerprint density at radius 1 is 1.04 bits per heavy atom. The molecule has 2 aromatic carbocycles. The zero-order valence-corrected chi connectivity index (χ0v) is 14.6. The highest BCUT2D eigenvalue weighted by Gasteiger charge is 2.34. The van der Waals surface area contributed by atoms with Gasteiger partial charge >= 0.3 is 0 Å². The van der Waals surface area contributed by atoms with Gasteiger partial charge in [0.15, 0.2) is 0 Å². The fraction of sp³-hybridized carbons (Fsp3) is 0.158. The average Bonchev–Trinajstić information content (AvgIpc) is 2.90. The monoisotopic (exact) mass is 365 g/mol. The van der Waals surface area contributed by atoms with Gasteiger partial charge in [-0.2, -0.15) is 17.0 Å². The first-order chi connectivity index (χ1) is 12.6. The van der Waals surface area contributed by atoms with Crippen LogP contribution in [0.1, 0.15) is 26.3 Å². The summed E-state index contributed by atoms with van der Waals surface area (Å²) in [6.07, 6.45) is 0. The molecule has 0 unspecified atom stereocenters.